The molecule has 2 unspecified atom stereocenters. The normalized spacial score (nSPS) is 19.4. The summed E-state index contributed by atoms with van der Waals surface area (Å²) in [5.41, 5.74) is 2.80. The van der Waals surface area contributed by atoms with Crippen LogP contribution in [0.3, 0.4) is 0 Å². The molecule has 0 spiro atoms. The minimum Gasteiger partial charge on any atom is -0.486 e. The van der Waals surface area contributed by atoms with Crippen LogP contribution in [-0.4, -0.2) is 44.1 Å². The lowest BCUT2D eigenvalue weighted by Crippen LogP contribution is -2.33. The Labute approximate surface area is 201 Å². The van der Waals surface area contributed by atoms with Crippen molar-refractivity contribution in [2.45, 2.75) is 42.6 Å². The van der Waals surface area contributed by atoms with Crippen molar-refractivity contribution in [3.8, 4) is 5.75 Å². The summed E-state index contributed by atoms with van der Waals surface area (Å²) < 4.78 is 5.83. The smallest absolute Gasteiger partial charge is 0.219 e. The van der Waals surface area contributed by atoms with Gasteiger partial charge in [0.15, 0.2) is 0 Å². The molecule has 1 N–H and O–H groups in total. The second-order valence-corrected chi connectivity index (χ2v) is 9.94. The van der Waals surface area contributed by atoms with Gasteiger partial charge in [-0.3, -0.25) is 9.78 Å². The second kappa shape index (κ2) is 9.57. The van der Waals surface area contributed by atoms with E-state index in [1.807, 2.05) is 41.3 Å². The molecule has 9 heteroatoms. The van der Waals surface area contributed by atoms with Crippen molar-refractivity contribution >= 4 is 40.8 Å². The second-order valence-electron chi connectivity index (χ2n) is 8.25. The van der Waals surface area contributed by atoms with Crippen LogP contribution in [0.15, 0.2) is 53.9 Å². The molecule has 5 rings (SSSR count). The number of pyridine rings is 1. The number of hydrogen-bond acceptors (Lipinski definition) is 7. The third-order valence-corrected chi connectivity index (χ3v) is 7.51. The Bertz CT molecular complexity index is 1160. The van der Waals surface area contributed by atoms with Crippen molar-refractivity contribution in [2.75, 3.05) is 18.4 Å². The predicted octanol–water partition coefficient (Wildman–Crippen LogP) is 5.05. The minimum absolute atomic E-state index is 0.136. The highest BCUT2D eigenvalue weighted by molar-refractivity contribution is 8.00. The number of fused-ring (bicyclic) bond motifs is 4. The highest BCUT2D eigenvalue weighted by Crippen LogP contribution is 2.47. The Morgan fingerprint density at radius 2 is 2.18 bits per heavy atom. The third kappa shape index (κ3) is 4.91. The lowest BCUT2D eigenvalue weighted by Gasteiger charge is -2.29. The Morgan fingerprint density at radius 1 is 1.27 bits per heavy atom. The van der Waals surface area contributed by atoms with E-state index in [1.165, 1.54) is 0 Å². The zero-order valence-corrected chi connectivity index (χ0v) is 19.8. The molecular weight excluding hydrogens is 458 g/mol. The number of nitrogens with zero attached hydrogens (tertiary/aromatic N) is 4. The van der Waals surface area contributed by atoms with Crippen LogP contribution in [0, 0.1) is 0 Å². The van der Waals surface area contributed by atoms with E-state index < -0.39 is 0 Å². The zero-order chi connectivity index (χ0) is 22.8. The molecular formula is C24H24ClN5O2S. The number of likely N-dealkylation sites (tertiary alicyclic amines) is 1. The summed E-state index contributed by atoms with van der Waals surface area (Å²) in [5, 5.41) is 5.31. The molecule has 0 aliphatic carbocycles. The zero-order valence-electron chi connectivity index (χ0n) is 18.2. The van der Waals surface area contributed by atoms with Gasteiger partial charge in [0.1, 0.15) is 29.5 Å². The van der Waals surface area contributed by atoms with Gasteiger partial charge in [0.25, 0.3) is 0 Å². The number of halogens is 1. The van der Waals surface area contributed by atoms with Gasteiger partial charge in [0.05, 0.1) is 10.7 Å². The van der Waals surface area contributed by atoms with E-state index in [-0.39, 0.29) is 5.91 Å². The number of aromatic nitrogens is 3. The number of anilines is 2. The summed E-state index contributed by atoms with van der Waals surface area (Å²) >= 11 is 8.24. The van der Waals surface area contributed by atoms with Crippen LogP contribution in [0.25, 0.3) is 0 Å². The highest BCUT2D eigenvalue weighted by atomic mass is 35.5. The molecule has 4 heterocycles. The standard InChI is InChI=1S/C24H24ClN5O2S/c1-15(31)30-9-7-16-10-19(12-30)33-24-22(16)23(27-14-28-24)29-17-5-6-21(20(25)11-17)32-13-18-4-2-3-8-26-18/h2-6,8,11,14,16,19H,7,9-10,12-13H2,1H3,(H,27,28,29). The summed E-state index contributed by atoms with van der Waals surface area (Å²) in [4.78, 5) is 27.3. The molecule has 2 aliphatic heterocycles. The monoisotopic (exact) mass is 481 g/mol. The fraction of sp³-hybridized carbons (Fsp3) is 0.333. The van der Waals surface area contributed by atoms with E-state index in [4.69, 9.17) is 16.3 Å². The number of nitrogens with one attached hydrogen (secondary N) is 1. The van der Waals surface area contributed by atoms with E-state index in [1.54, 1.807) is 31.2 Å². The van der Waals surface area contributed by atoms with Gasteiger partial charge in [-0.25, -0.2) is 9.97 Å². The van der Waals surface area contributed by atoms with Gasteiger partial charge in [-0.15, -0.1) is 11.8 Å². The molecule has 0 saturated carbocycles. The lowest BCUT2D eigenvalue weighted by molar-refractivity contribution is -0.128. The van der Waals surface area contributed by atoms with E-state index in [9.17, 15) is 4.79 Å². The third-order valence-electron chi connectivity index (χ3n) is 5.99. The van der Waals surface area contributed by atoms with Crippen molar-refractivity contribution < 1.29 is 9.53 Å². The predicted molar refractivity (Wildman–Crippen MR) is 129 cm³/mol. The fourth-order valence-electron chi connectivity index (χ4n) is 4.36. The molecule has 33 heavy (non-hydrogen) atoms. The minimum atomic E-state index is 0.136. The molecule has 1 amide bonds. The van der Waals surface area contributed by atoms with Crippen LogP contribution < -0.4 is 10.1 Å². The number of thioether (sulfide) groups is 1. The molecule has 2 aromatic heterocycles. The lowest BCUT2D eigenvalue weighted by atomic mass is 9.92. The van der Waals surface area contributed by atoms with Gasteiger partial charge in [0, 0.05) is 42.7 Å². The molecule has 7 nitrogen and oxygen atoms in total. The highest BCUT2D eigenvalue weighted by Gasteiger charge is 2.35. The summed E-state index contributed by atoms with van der Waals surface area (Å²) in [6.45, 7) is 3.54. The number of ether oxygens (including phenoxy) is 1. The van der Waals surface area contributed by atoms with Gasteiger partial charge in [-0.2, -0.15) is 0 Å². The summed E-state index contributed by atoms with van der Waals surface area (Å²) in [7, 11) is 0. The maximum Gasteiger partial charge on any atom is 0.219 e. The van der Waals surface area contributed by atoms with E-state index in [2.05, 4.69) is 20.3 Å². The first-order chi connectivity index (χ1) is 16.1. The van der Waals surface area contributed by atoms with Crippen molar-refractivity contribution in [1.29, 1.82) is 0 Å². The maximum absolute atomic E-state index is 12.0. The van der Waals surface area contributed by atoms with Crippen LogP contribution in [0.1, 0.15) is 36.9 Å². The molecule has 2 atom stereocenters. The Hall–Kier alpha value is -2.84. The first-order valence-corrected chi connectivity index (χ1v) is 12.2. The number of carbonyl (C=O) groups excluding carboxylic acids is 1. The van der Waals surface area contributed by atoms with E-state index in [0.29, 0.717) is 28.5 Å². The van der Waals surface area contributed by atoms with Crippen molar-refractivity contribution in [1.82, 2.24) is 19.9 Å². The molecule has 170 valence electrons. The first kappa shape index (κ1) is 22.0. The molecule has 1 saturated heterocycles. The number of hydrogen-bond donors (Lipinski definition) is 1. The van der Waals surface area contributed by atoms with E-state index in [0.717, 1.165) is 53.7 Å². The number of benzene rings is 1. The maximum atomic E-state index is 12.0. The van der Waals surface area contributed by atoms with Crippen LogP contribution in [0.4, 0.5) is 11.5 Å². The molecule has 0 radical (unpaired) electrons. The number of amides is 1. The largest absolute Gasteiger partial charge is 0.486 e. The van der Waals surface area contributed by atoms with Crippen LogP contribution >= 0.6 is 23.4 Å². The van der Waals surface area contributed by atoms with Gasteiger partial charge in [-0.05, 0) is 49.1 Å². The van der Waals surface area contributed by atoms with Crippen molar-refractivity contribution in [3.63, 3.8) is 0 Å². The number of rotatable bonds is 5. The van der Waals surface area contributed by atoms with Crippen LogP contribution in [-0.2, 0) is 11.4 Å². The van der Waals surface area contributed by atoms with Crippen molar-refractivity contribution in [2.24, 2.45) is 0 Å². The summed E-state index contributed by atoms with van der Waals surface area (Å²) in [6, 6.07) is 11.3. The fourth-order valence-corrected chi connectivity index (χ4v) is 5.99. The molecule has 2 bridgehead atoms. The average Bonchev–Trinajstić information content (AvgIpc) is 2.98. The SMILES string of the molecule is CC(=O)N1CCC2CC(C1)Sc1ncnc(Nc3ccc(OCc4ccccn4)c(Cl)c3)c12. The van der Waals surface area contributed by atoms with Gasteiger partial charge < -0.3 is 15.0 Å². The molecule has 1 fully saturated rings. The van der Waals surface area contributed by atoms with Gasteiger partial charge in [0.2, 0.25) is 5.91 Å². The van der Waals surface area contributed by atoms with Crippen molar-refractivity contribution in [3.05, 3.63) is 65.2 Å². The summed E-state index contributed by atoms with van der Waals surface area (Å²) in [6.07, 6.45) is 5.26. The average molecular weight is 482 g/mol. The Kier molecular flexibility index (Phi) is 6.37. The Balaban J connectivity index is 1.33. The van der Waals surface area contributed by atoms with E-state index >= 15 is 0 Å². The molecule has 1 aromatic carbocycles. The summed E-state index contributed by atoms with van der Waals surface area (Å²) in [5.74, 6) is 1.85. The Morgan fingerprint density at radius 3 is 2.97 bits per heavy atom. The molecule has 3 aromatic rings. The molecule has 2 aliphatic rings. The van der Waals surface area contributed by atoms with Gasteiger partial charge >= 0.3 is 0 Å². The van der Waals surface area contributed by atoms with Crippen LogP contribution in [0.2, 0.25) is 5.02 Å². The van der Waals surface area contributed by atoms with Gasteiger partial charge in [-0.1, -0.05) is 17.7 Å². The first-order valence-electron chi connectivity index (χ1n) is 10.9. The van der Waals surface area contributed by atoms with Crippen LogP contribution in [0.5, 0.6) is 5.75 Å². The quantitative estimate of drug-likeness (QED) is 0.511. The number of carbonyl (C=O) groups is 1. The topological polar surface area (TPSA) is 80.2 Å².